The van der Waals surface area contributed by atoms with Gasteiger partial charge in [-0.05, 0) is 23.3 Å². The van der Waals surface area contributed by atoms with E-state index in [-0.39, 0.29) is 22.4 Å². The summed E-state index contributed by atoms with van der Waals surface area (Å²) in [6.45, 7) is 0. The maximum atomic E-state index is 13.6. The van der Waals surface area contributed by atoms with E-state index in [1.165, 1.54) is 12.1 Å². The van der Waals surface area contributed by atoms with Gasteiger partial charge in [0.15, 0.2) is 5.78 Å². The molecule has 6 heteroatoms. The van der Waals surface area contributed by atoms with E-state index < -0.39 is 22.3 Å². The van der Waals surface area contributed by atoms with Crippen molar-refractivity contribution in [3.05, 3.63) is 63.2 Å². The van der Waals surface area contributed by atoms with Crippen LogP contribution < -0.4 is 0 Å². The first kappa shape index (κ1) is 11.5. The van der Waals surface area contributed by atoms with E-state index in [1.54, 1.807) is 0 Å². The van der Waals surface area contributed by atoms with E-state index in [0.717, 1.165) is 12.1 Å². The number of carbonyl (C=O) groups is 1. The molecule has 0 N–H and O–H groups in total. The van der Waals surface area contributed by atoms with E-state index in [4.69, 9.17) is 0 Å². The summed E-state index contributed by atoms with van der Waals surface area (Å²) < 4.78 is 26.8. The van der Waals surface area contributed by atoms with Gasteiger partial charge >= 0.3 is 0 Å². The summed E-state index contributed by atoms with van der Waals surface area (Å²) in [7, 11) is 0. The minimum Gasteiger partial charge on any atom is -0.288 e. The standard InChI is InChI=1S/C13H5F2NO3/c14-6-3-9-8-2-1-7(16(18)19)5-10(8)13(17)12(9)11(15)4-6/h1-5H. The van der Waals surface area contributed by atoms with Crippen molar-refractivity contribution in [2.75, 3.05) is 0 Å². The van der Waals surface area contributed by atoms with Crippen LogP contribution in [0.1, 0.15) is 15.9 Å². The number of non-ortho nitro benzene ring substituents is 1. The average Bonchev–Trinajstić information content (AvgIpc) is 2.62. The van der Waals surface area contributed by atoms with Crippen LogP contribution in [-0.2, 0) is 0 Å². The lowest BCUT2D eigenvalue weighted by Crippen LogP contribution is -2.00. The number of nitro groups is 1. The predicted octanol–water partition coefficient (Wildman–Crippen LogP) is 3.08. The third kappa shape index (κ3) is 1.53. The van der Waals surface area contributed by atoms with Crippen LogP contribution in [0.25, 0.3) is 11.1 Å². The average molecular weight is 261 g/mol. The lowest BCUT2D eigenvalue weighted by Gasteiger charge is -2.00. The number of carbonyl (C=O) groups excluding carboxylic acids is 1. The molecule has 0 amide bonds. The van der Waals surface area contributed by atoms with Crippen molar-refractivity contribution in [1.29, 1.82) is 0 Å². The number of rotatable bonds is 1. The summed E-state index contributed by atoms with van der Waals surface area (Å²) in [5.41, 5.74) is -0.0391. The fraction of sp³-hybridized carbons (Fsp3) is 0. The molecule has 0 saturated heterocycles. The lowest BCUT2D eigenvalue weighted by atomic mass is 10.1. The van der Waals surface area contributed by atoms with Crippen molar-refractivity contribution in [3.8, 4) is 11.1 Å². The first-order valence-electron chi connectivity index (χ1n) is 5.31. The van der Waals surface area contributed by atoms with Gasteiger partial charge in [0.1, 0.15) is 11.6 Å². The fourth-order valence-corrected chi connectivity index (χ4v) is 2.22. The van der Waals surface area contributed by atoms with Crippen LogP contribution in [0.2, 0.25) is 0 Å². The van der Waals surface area contributed by atoms with Crippen molar-refractivity contribution < 1.29 is 18.5 Å². The summed E-state index contributed by atoms with van der Waals surface area (Å²) in [6, 6.07) is 5.28. The van der Waals surface area contributed by atoms with E-state index in [1.807, 2.05) is 0 Å². The smallest absolute Gasteiger partial charge is 0.270 e. The minimum atomic E-state index is -0.959. The number of nitro benzene ring substituents is 1. The van der Waals surface area contributed by atoms with E-state index in [2.05, 4.69) is 0 Å². The molecular weight excluding hydrogens is 256 g/mol. The molecule has 0 fully saturated rings. The molecule has 1 aliphatic rings. The zero-order valence-electron chi connectivity index (χ0n) is 9.31. The van der Waals surface area contributed by atoms with Crippen LogP contribution in [0.3, 0.4) is 0 Å². The van der Waals surface area contributed by atoms with Crippen molar-refractivity contribution in [1.82, 2.24) is 0 Å². The Morgan fingerprint density at radius 1 is 1.00 bits per heavy atom. The van der Waals surface area contributed by atoms with Crippen LogP contribution >= 0.6 is 0 Å². The Hall–Kier alpha value is -2.63. The van der Waals surface area contributed by atoms with E-state index in [0.29, 0.717) is 11.6 Å². The maximum Gasteiger partial charge on any atom is 0.270 e. The van der Waals surface area contributed by atoms with Crippen LogP contribution in [0.5, 0.6) is 0 Å². The highest BCUT2D eigenvalue weighted by Gasteiger charge is 2.31. The van der Waals surface area contributed by atoms with Gasteiger partial charge in [-0.25, -0.2) is 8.78 Å². The van der Waals surface area contributed by atoms with Crippen molar-refractivity contribution >= 4 is 11.5 Å². The summed E-state index contributed by atoms with van der Waals surface area (Å²) in [6.07, 6.45) is 0. The van der Waals surface area contributed by atoms with E-state index in [9.17, 15) is 23.7 Å². The molecule has 0 bridgehead atoms. The van der Waals surface area contributed by atoms with Crippen molar-refractivity contribution in [2.45, 2.75) is 0 Å². The molecule has 19 heavy (non-hydrogen) atoms. The Morgan fingerprint density at radius 3 is 2.42 bits per heavy atom. The zero-order chi connectivity index (χ0) is 13.7. The van der Waals surface area contributed by atoms with Gasteiger partial charge in [0.25, 0.3) is 5.69 Å². The molecule has 0 saturated carbocycles. The Morgan fingerprint density at radius 2 is 1.74 bits per heavy atom. The molecule has 0 aliphatic heterocycles. The number of nitrogens with zero attached hydrogens (tertiary/aromatic N) is 1. The SMILES string of the molecule is O=C1c2cc([N+](=O)[O-])ccc2-c2cc(F)cc(F)c21. The van der Waals surface area contributed by atoms with Crippen LogP contribution in [0.4, 0.5) is 14.5 Å². The zero-order valence-corrected chi connectivity index (χ0v) is 9.31. The minimum absolute atomic E-state index is 0.0219. The number of ketones is 1. The first-order valence-corrected chi connectivity index (χ1v) is 5.31. The molecule has 4 nitrogen and oxygen atoms in total. The molecule has 0 atom stereocenters. The number of benzene rings is 2. The summed E-state index contributed by atoms with van der Waals surface area (Å²) in [5.74, 6) is -2.42. The van der Waals surface area contributed by atoms with Crippen molar-refractivity contribution in [3.63, 3.8) is 0 Å². The molecular formula is C13H5F2NO3. The third-order valence-corrected chi connectivity index (χ3v) is 3.03. The summed E-state index contributed by atoms with van der Waals surface area (Å²) in [5, 5.41) is 10.7. The Labute approximate surface area is 105 Å². The van der Waals surface area contributed by atoms with Crippen LogP contribution in [0, 0.1) is 21.7 Å². The van der Waals surface area contributed by atoms with Gasteiger partial charge in [0, 0.05) is 23.8 Å². The molecule has 0 spiro atoms. The molecule has 0 radical (unpaired) electrons. The lowest BCUT2D eigenvalue weighted by molar-refractivity contribution is -0.384. The van der Waals surface area contributed by atoms with Crippen LogP contribution in [0.15, 0.2) is 30.3 Å². The second-order valence-electron chi connectivity index (χ2n) is 4.13. The highest BCUT2D eigenvalue weighted by molar-refractivity contribution is 6.22. The Bertz CT molecular complexity index is 756. The molecule has 0 heterocycles. The normalized spacial score (nSPS) is 12.2. The fourth-order valence-electron chi connectivity index (χ4n) is 2.22. The van der Waals surface area contributed by atoms with Gasteiger partial charge in [-0.3, -0.25) is 14.9 Å². The van der Waals surface area contributed by atoms with Crippen LogP contribution in [-0.4, -0.2) is 10.7 Å². The van der Waals surface area contributed by atoms with Gasteiger partial charge < -0.3 is 0 Å². The largest absolute Gasteiger partial charge is 0.288 e. The second-order valence-corrected chi connectivity index (χ2v) is 4.13. The summed E-state index contributed by atoms with van der Waals surface area (Å²) >= 11 is 0. The molecule has 2 aromatic carbocycles. The molecule has 3 rings (SSSR count). The number of fused-ring (bicyclic) bond motifs is 3. The number of hydrogen-bond acceptors (Lipinski definition) is 3. The summed E-state index contributed by atoms with van der Waals surface area (Å²) in [4.78, 5) is 22.0. The van der Waals surface area contributed by atoms with Gasteiger partial charge in [-0.15, -0.1) is 0 Å². The van der Waals surface area contributed by atoms with Gasteiger partial charge in [-0.1, -0.05) is 0 Å². The van der Waals surface area contributed by atoms with Crippen molar-refractivity contribution in [2.24, 2.45) is 0 Å². The second kappa shape index (κ2) is 3.68. The third-order valence-electron chi connectivity index (χ3n) is 3.03. The number of hydrogen-bond donors (Lipinski definition) is 0. The Balaban J connectivity index is 2.31. The monoisotopic (exact) mass is 261 g/mol. The molecule has 2 aromatic rings. The van der Waals surface area contributed by atoms with Gasteiger partial charge in [0.2, 0.25) is 0 Å². The highest BCUT2D eigenvalue weighted by Crippen LogP contribution is 2.39. The molecule has 0 aromatic heterocycles. The van der Waals surface area contributed by atoms with Gasteiger partial charge in [-0.2, -0.15) is 0 Å². The molecule has 0 unspecified atom stereocenters. The maximum absolute atomic E-state index is 13.6. The predicted molar refractivity (Wildman–Crippen MR) is 61.9 cm³/mol. The van der Waals surface area contributed by atoms with Gasteiger partial charge in [0.05, 0.1) is 10.5 Å². The highest BCUT2D eigenvalue weighted by atomic mass is 19.1. The molecule has 1 aliphatic carbocycles. The Kier molecular flexibility index (Phi) is 2.22. The molecule has 94 valence electrons. The first-order chi connectivity index (χ1) is 8.99. The van der Waals surface area contributed by atoms with E-state index >= 15 is 0 Å². The topological polar surface area (TPSA) is 60.2 Å². The quantitative estimate of drug-likeness (QED) is 0.499. The number of halogens is 2.